The van der Waals surface area contributed by atoms with Crippen LogP contribution in [0.3, 0.4) is 0 Å². The first kappa shape index (κ1) is 14.0. The molecule has 2 aromatic rings. The molecule has 0 amide bonds. The Kier molecular flexibility index (Phi) is 2.87. The van der Waals surface area contributed by atoms with Gasteiger partial charge in [0.1, 0.15) is 11.3 Å². The monoisotopic (exact) mass is 284 g/mol. The van der Waals surface area contributed by atoms with E-state index in [4.69, 9.17) is 4.42 Å². The van der Waals surface area contributed by atoms with Crippen molar-refractivity contribution in [3.8, 4) is 0 Å². The second kappa shape index (κ2) is 4.29. The van der Waals surface area contributed by atoms with Crippen molar-refractivity contribution in [1.82, 2.24) is 5.06 Å². The summed E-state index contributed by atoms with van der Waals surface area (Å²) in [5, 5.41) is 14.0. The maximum Gasteiger partial charge on any atom is 0.193 e. The van der Waals surface area contributed by atoms with E-state index < -0.39 is 11.1 Å². The maximum atomic E-state index is 12.4. The van der Waals surface area contributed by atoms with Gasteiger partial charge in [0, 0.05) is 11.6 Å². The molecule has 0 fully saturated rings. The topological polar surface area (TPSA) is 53.4 Å². The molecular formula is C17H18NO3. The number of para-hydroxylation sites is 1. The predicted molar refractivity (Wildman–Crippen MR) is 81.1 cm³/mol. The second-order valence-corrected chi connectivity index (χ2v) is 6.54. The zero-order valence-electron chi connectivity index (χ0n) is 12.6. The number of nitrogens with zero attached hydrogens (tertiary/aromatic N) is 1. The summed E-state index contributed by atoms with van der Waals surface area (Å²) in [4.78, 5) is 12.2. The lowest BCUT2D eigenvalue weighted by atomic mass is 9.94. The Morgan fingerprint density at radius 3 is 2.38 bits per heavy atom. The van der Waals surface area contributed by atoms with E-state index in [9.17, 15) is 10.0 Å². The molecule has 3 rings (SSSR count). The quantitative estimate of drug-likeness (QED) is 0.806. The molecule has 1 aromatic carbocycles. The highest BCUT2D eigenvalue weighted by Crippen LogP contribution is 2.43. The van der Waals surface area contributed by atoms with Crippen molar-refractivity contribution >= 4 is 16.5 Å². The van der Waals surface area contributed by atoms with Crippen LogP contribution < -0.4 is 5.43 Å². The molecule has 1 radical (unpaired) electrons. The highest BCUT2D eigenvalue weighted by atomic mass is 16.5. The highest BCUT2D eigenvalue weighted by Gasteiger charge is 2.47. The molecule has 21 heavy (non-hydrogen) atoms. The highest BCUT2D eigenvalue weighted by molar-refractivity contribution is 5.80. The summed E-state index contributed by atoms with van der Waals surface area (Å²) in [7, 11) is 0. The summed E-state index contributed by atoms with van der Waals surface area (Å²) in [5.41, 5.74) is -0.153. The zero-order valence-corrected chi connectivity index (χ0v) is 12.6. The lowest BCUT2D eigenvalue weighted by molar-refractivity contribution is -0.234. The lowest BCUT2D eigenvalue weighted by Gasteiger charge is -2.33. The maximum absolute atomic E-state index is 12.4. The van der Waals surface area contributed by atoms with Crippen LogP contribution in [-0.4, -0.2) is 16.1 Å². The SMILES string of the molecule is CC1(C)C=C(c2cc(=O)c3ccccc3o2)C(C)(C)N1[O]. The Morgan fingerprint density at radius 2 is 1.76 bits per heavy atom. The van der Waals surface area contributed by atoms with Crippen LogP contribution in [0.15, 0.2) is 45.6 Å². The molecule has 2 heterocycles. The summed E-state index contributed by atoms with van der Waals surface area (Å²) < 4.78 is 5.87. The van der Waals surface area contributed by atoms with Gasteiger partial charge in [-0.15, -0.1) is 10.3 Å². The molecule has 4 heteroatoms. The molecule has 0 saturated carbocycles. The molecule has 0 aliphatic carbocycles. The van der Waals surface area contributed by atoms with Crippen LogP contribution in [0, 0.1) is 0 Å². The van der Waals surface area contributed by atoms with Gasteiger partial charge < -0.3 is 4.42 Å². The van der Waals surface area contributed by atoms with Gasteiger partial charge in [0.15, 0.2) is 5.43 Å². The van der Waals surface area contributed by atoms with Gasteiger partial charge in [0.25, 0.3) is 0 Å². The van der Waals surface area contributed by atoms with E-state index in [0.717, 1.165) is 10.6 Å². The van der Waals surface area contributed by atoms with Gasteiger partial charge in [-0.2, -0.15) is 0 Å². The standard InChI is InChI=1S/C17H18NO3/c1-16(2)10-12(17(3,4)18(16)20)15-9-13(19)11-7-5-6-8-14(11)21-15/h5-10H,1-4H3. The molecule has 0 saturated heterocycles. The minimum absolute atomic E-state index is 0.0919. The Bertz CT molecular complexity index is 799. The summed E-state index contributed by atoms with van der Waals surface area (Å²) >= 11 is 0. The first-order chi connectivity index (χ1) is 9.73. The number of fused-ring (bicyclic) bond motifs is 1. The van der Waals surface area contributed by atoms with Crippen LogP contribution in [-0.2, 0) is 5.21 Å². The van der Waals surface area contributed by atoms with Gasteiger partial charge in [-0.05, 0) is 39.8 Å². The molecule has 0 spiro atoms. The average Bonchev–Trinajstić information content (AvgIpc) is 2.59. The van der Waals surface area contributed by atoms with Gasteiger partial charge >= 0.3 is 0 Å². The minimum Gasteiger partial charge on any atom is -0.456 e. The van der Waals surface area contributed by atoms with Crippen molar-refractivity contribution in [3.63, 3.8) is 0 Å². The minimum atomic E-state index is -0.734. The van der Waals surface area contributed by atoms with Crippen molar-refractivity contribution in [2.24, 2.45) is 0 Å². The van der Waals surface area contributed by atoms with Crippen LogP contribution in [0.5, 0.6) is 0 Å². The third-order valence-corrected chi connectivity index (χ3v) is 4.09. The van der Waals surface area contributed by atoms with Gasteiger partial charge in [0.05, 0.1) is 16.5 Å². The summed E-state index contributed by atoms with van der Waals surface area (Å²) in [6, 6.07) is 8.62. The Labute approximate surface area is 123 Å². The van der Waals surface area contributed by atoms with Crippen LogP contribution in [0.4, 0.5) is 0 Å². The van der Waals surface area contributed by atoms with E-state index in [1.807, 2.05) is 39.8 Å². The third kappa shape index (κ3) is 2.03. The number of benzene rings is 1. The summed E-state index contributed by atoms with van der Waals surface area (Å²) in [6.07, 6.45) is 1.88. The van der Waals surface area contributed by atoms with Gasteiger partial charge in [-0.3, -0.25) is 4.79 Å². The summed E-state index contributed by atoms with van der Waals surface area (Å²) in [5.74, 6) is 0.468. The molecule has 1 aromatic heterocycles. The Hall–Kier alpha value is -1.91. The average molecular weight is 284 g/mol. The second-order valence-electron chi connectivity index (χ2n) is 6.54. The third-order valence-electron chi connectivity index (χ3n) is 4.09. The zero-order chi connectivity index (χ0) is 15.4. The molecule has 1 aliphatic heterocycles. The van der Waals surface area contributed by atoms with E-state index in [2.05, 4.69) is 0 Å². The fourth-order valence-corrected chi connectivity index (χ4v) is 3.03. The molecule has 0 unspecified atom stereocenters. The van der Waals surface area contributed by atoms with Crippen molar-refractivity contribution in [2.75, 3.05) is 0 Å². The Balaban J connectivity index is 2.24. The molecule has 0 bridgehead atoms. The molecule has 0 N–H and O–H groups in total. The number of hydroxylamine groups is 2. The summed E-state index contributed by atoms with van der Waals surface area (Å²) in [6.45, 7) is 7.40. The van der Waals surface area contributed by atoms with Crippen LogP contribution in [0.25, 0.3) is 16.5 Å². The smallest absolute Gasteiger partial charge is 0.193 e. The number of rotatable bonds is 1. The van der Waals surface area contributed by atoms with Crippen molar-refractivity contribution in [3.05, 3.63) is 52.4 Å². The lowest BCUT2D eigenvalue weighted by Crippen LogP contribution is -2.46. The molecule has 1 aliphatic rings. The van der Waals surface area contributed by atoms with Crippen LogP contribution >= 0.6 is 0 Å². The largest absolute Gasteiger partial charge is 0.456 e. The number of hydrogen-bond acceptors (Lipinski definition) is 3. The fourth-order valence-electron chi connectivity index (χ4n) is 3.03. The first-order valence-electron chi connectivity index (χ1n) is 6.97. The van der Waals surface area contributed by atoms with Crippen LogP contribution in [0.1, 0.15) is 33.5 Å². The fraction of sp³-hybridized carbons (Fsp3) is 0.353. The molecule has 109 valence electrons. The van der Waals surface area contributed by atoms with E-state index in [1.165, 1.54) is 6.07 Å². The van der Waals surface area contributed by atoms with Crippen molar-refractivity contribution < 1.29 is 9.62 Å². The van der Waals surface area contributed by atoms with Gasteiger partial charge in [-0.1, -0.05) is 18.2 Å². The van der Waals surface area contributed by atoms with E-state index in [1.54, 1.807) is 18.2 Å². The van der Waals surface area contributed by atoms with Crippen molar-refractivity contribution in [2.45, 2.75) is 38.8 Å². The molecular weight excluding hydrogens is 266 g/mol. The number of hydrogen-bond donors (Lipinski definition) is 0. The van der Waals surface area contributed by atoms with E-state index in [-0.39, 0.29) is 5.43 Å². The Morgan fingerprint density at radius 1 is 1.10 bits per heavy atom. The van der Waals surface area contributed by atoms with Crippen molar-refractivity contribution in [1.29, 1.82) is 0 Å². The van der Waals surface area contributed by atoms with Crippen LogP contribution in [0.2, 0.25) is 0 Å². The van der Waals surface area contributed by atoms with Gasteiger partial charge in [-0.25, -0.2) is 0 Å². The van der Waals surface area contributed by atoms with E-state index >= 15 is 0 Å². The van der Waals surface area contributed by atoms with E-state index in [0.29, 0.717) is 16.7 Å². The molecule has 0 atom stereocenters. The normalized spacial score (nSPS) is 20.7. The van der Waals surface area contributed by atoms with Gasteiger partial charge in [0.2, 0.25) is 0 Å². The predicted octanol–water partition coefficient (Wildman–Crippen LogP) is 3.39. The molecule has 4 nitrogen and oxygen atoms in total. The first-order valence-corrected chi connectivity index (χ1v) is 6.97.